The van der Waals surface area contributed by atoms with Crippen molar-refractivity contribution in [1.82, 2.24) is 0 Å². The predicted octanol–water partition coefficient (Wildman–Crippen LogP) is 3.09. The summed E-state index contributed by atoms with van der Waals surface area (Å²) in [6, 6.07) is 0. The summed E-state index contributed by atoms with van der Waals surface area (Å²) in [6.07, 6.45) is 9.50. The van der Waals surface area contributed by atoms with Crippen LogP contribution in [0.4, 0.5) is 0 Å². The van der Waals surface area contributed by atoms with E-state index in [1.165, 1.54) is 0 Å². The number of unbranched alkanes of at least 4 members (excludes halogenated alkanes) is 4. The molecule has 3 N–H and O–H groups in total. The molecule has 0 aromatic carbocycles. The molecule has 0 amide bonds. The van der Waals surface area contributed by atoms with E-state index >= 15 is 0 Å². The Bertz CT molecular complexity index is 418. The summed E-state index contributed by atoms with van der Waals surface area (Å²) >= 11 is 0. The Hall–Kier alpha value is -1.20. The standard InChI is InChI=1S/C19H32O5/c1-2-3-8-14(20)11-12-16-15(17(21)13-18(16)22)9-6-4-5-7-10-19(23)24/h11-12,14-16,18,20,22H,2-10,13H2,1H3,(H,23,24)/b12-11+. The van der Waals surface area contributed by atoms with E-state index in [2.05, 4.69) is 6.92 Å². The highest BCUT2D eigenvalue weighted by molar-refractivity contribution is 5.84. The van der Waals surface area contributed by atoms with Crippen molar-refractivity contribution in [3.63, 3.8) is 0 Å². The fraction of sp³-hybridized carbons (Fsp3) is 0.789. The number of hydrogen-bond donors (Lipinski definition) is 3. The molecule has 0 spiro atoms. The highest BCUT2D eigenvalue weighted by Gasteiger charge is 2.39. The average molecular weight is 340 g/mol. The number of aliphatic carboxylic acids is 1. The smallest absolute Gasteiger partial charge is 0.303 e. The summed E-state index contributed by atoms with van der Waals surface area (Å²) in [5.74, 6) is -1.04. The van der Waals surface area contributed by atoms with Crippen LogP contribution in [0.3, 0.4) is 0 Å². The largest absolute Gasteiger partial charge is 0.481 e. The summed E-state index contributed by atoms with van der Waals surface area (Å²) in [6.45, 7) is 2.07. The summed E-state index contributed by atoms with van der Waals surface area (Å²) in [4.78, 5) is 22.5. The molecule has 1 aliphatic rings. The van der Waals surface area contributed by atoms with Gasteiger partial charge in [-0.05, 0) is 19.3 Å². The Morgan fingerprint density at radius 3 is 2.62 bits per heavy atom. The van der Waals surface area contributed by atoms with Gasteiger partial charge in [0.25, 0.3) is 0 Å². The summed E-state index contributed by atoms with van der Waals surface area (Å²) in [5.41, 5.74) is 0. The van der Waals surface area contributed by atoms with Gasteiger partial charge in [0.15, 0.2) is 0 Å². The third-order valence-corrected chi connectivity index (χ3v) is 4.80. The molecular formula is C19H32O5. The number of rotatable bonds is 12. The third-order valence-electron chi connectivity index (χ3n) is 4.80. The Morgan fingerprint density at radius 1 is 1.25 bits per heavy atom. The van der Waals surface area contributed by atoms with Gasteiger partial charge in [0, 0.05) is 24.7 Å². The van der Waals surface area contributed by atoms with Gasteiger partial charge in [-0.3, -0.25) is 9.59 Å². The molecule has 1 saturated carbocycles. The first-order chi connectivity index (χ1) is 11.5. The second kappa shape index (κ2) is 11.4. The Morgan fingerprint density at radius 2 is 1.96 bits per heavy atom. The van der Waals surface area contributed by atoms with Gasteiger partial charge < -0.3 is 15.3 Å². The van der Waals surface area contributed by atoms with Crippen molar-refractivity contribution in [2.75, 3.05) is 0 Å². The molecule has 0 aliphatic heterocycles. The van der Waals surface area contributed by atoms with Gasteiger partial charge in [0.2, 0.25) is 0 Å². The maximum Gasteiger partial charge on any atom is 0.303 e. The zero-order valence-corrected chi connectivity index (χ0v) is 14.7. The minimum absolute atomic E-state index is 0.103. The number of carboxylic acid groups (broad SMARTS) is 1. The molecule has 0 aromatic heterocycles. The summed E-state index contributed by atoms with van der Waals surface area (Å²) in [5, 5.41) is 28.6. The molecule has 5 nitrogen and oxygen atoms in total. The minimum atomic E-state index is -0.768. The number of aliphatic hydroxyl groups excluding tert-OH is 2. The van der Waals surface area contributed by atoms with Gasteiger partial charge in [0.05, 0.1) is 12.2 Å². The SMILES string of the molecule is CCCCC(O)/C=C/C1C(O)CC(=O)C1CCCCCCC(=O)O. The van der Waals surface area contributed by atoms with E-state index in [0.29, 0.717) is 12.8 Å². The normalized spacial score (nSPS) is 25.5. The number of Topliss-reactive ketones (excluding diaryl/α,β-unsaturated/α-hetero) is 1. The second-order valence-electron chi connectivity index (χ2n) is 6.86. The van der Waals surface area contributed by atoms with Crippen LogP contribution in [0, 0.1) is 11.8 Å². The van der Waals surface area contributed by atoms with E-state index in [-0.39, 0.29) is 30.5 Å². The molecule has 0 aromatic rings. The summed E-state index contributed by atoms with van der Waals surface area (Å²) in [7, 11) is 0. The molecule has 1 aliphatic carbocycles. The first-order valence-corrected chi connectivity index (χ1v) is 9.24. The zero-order chi connectivity index (χ0) is 17.9. The van der Waals surface area contributed by atoms with E-state index < -0.39 is 18.2 Å². The van der Waals surface area contributed by atoms with E-state index in [9.17, 15) is 19.8 Å². The number of aliphatic hydroxyl groups is 2. The van der Waals surface area contributed by atoms with Crippen LogP contribution in [0.5, 0.6) is 0 Å². The molecule has 0 saturated heterocycles. The molecule has 0 radical (unpaired) electrons. The van der Waals surface area contributed by atoms with Crippen molar-refractivity contribution in [3.8, 4) is 0 Å². The van der Waals surface area contributed by atoms with Crippen LogP contribution in [0.25, 0.3) is 0 Å². The number of carbonyl (C=O) groups is 2. The lowest BCUT2D eigenvalue weighted by Crippen LogP contribution is -2.19. The third kappa shape index (κ3) is 7.58. The van der Waals surface area contributed by atoms with Crippen LogP contribution < -0.4 is 0 Å². The van der Waals surface area contributed by atoms with Gasteiger partial charge in [-0.1, -0.05) is 51.2 Å². The van der Waals surface area contributed by atoms with Crippen LogP contribution in [0.2, 0.25) is 0 Å². The van der Waals surface area contributed by atoms with Crippen molar-refractivity contribution >= 4 is 11.8 Å². The quantitative estimate of drug-likeness (QED) is 0.375. The summed E-state index contributed by atoms with van der Waals surface area (Å²) < 4.78 is 0. The number of hydrogen-bond acceptors (Lipinski definition) is 4. The highest BCUT2D eigenvalue weighted by atomic mass is 16.4. The maximum atomic E-state index is 12.1. The molecule has 0 bridgehead atoms. The van der Waals surface area contributed by atoms with Gasteiger partial charge in [-0.15, -0.1) is 0 Å². The topological polar surface area (TPSA) is 94.8 Å². The number of ketones is 1. The van der Waals surface area contributed by atoms with Crippen molar-refractivity contribution < 1.29 is 24.9 Å². The van der Waals surface area contributed by atoms with E-state index in [4.69, 9.17) is 5.11 Å². The molecule has 138 valence electrons. The molecule has 4 atom stereocenters. The molecular weight excluding hydrogens is 308 g/mol. The molecule has 0 heterocycles. The minimum Gasteiger partial charge on any atom is -0.481 e. The van der Waals surface area contributed by atoms with Crippen molar-refractivity contribution in [2.45, 2.75) is 83.3 Å². The Balaban J connectivity index is 2.40. The lowest BCUT2D eigenvalue weighted by Gasteiger charge is -2.18. The van der Waals surface area contributed by atoms with Gasteiger partial charge in [-0.25, -0.2) is 0 Å². The lowest BCUT2D eigenvalue weighted by atomic mass is 9.88. The van der Waals surface area contributed by atoms with Gasteiger partial charge in [-0.2, -0.15) is 0 Å². The van der Waals surface area contributed by atoms with Crippen molar-refractivity contribution in [3.05, 3.63) is 12.2 Å². The fourth-order valence-electron chi connectivity index (χ4n) is 3.35. The number of carboxylic acids is 1. The van der Waals surface area contributed by atoms with E-state index in [1.54, 1.807) is 6.08 Å². The molecule has 1 fully saturated rings. The van der Waals surface area contributed by atoms with E-state index in [1.807, 2.05) is 6.08 Å². The van der Waals surface area contributed by atoms with Crippen LogP contribution in [-0.2, 0) is 9.59 Å². The Labute approximate surface area is 144 Å². The zero-order valence-electron chi connectivity index (χ0n) is 14.7. The molecule has 4 unspecified atom stereocenters. The highest BCUT2D eigenvalue weighted by Crippen LogP contribution is 2.34. The van der Waals surface area contributed by atoms with Crippen LogP contribution in [0.15, 0.2) is 12.2 Å². The first kappa shape index (κ1) is 20.8. The average Bonchev–Trinajstić information content (AvgIpc) is 2.79. The van der Waals surface area contributed by atoms with E-state index in [0.717, 1.165) is 38.5 Å². The van der Waals surface area contributed by atoms with Crippen molar-refractivity contribution in [2.24, 2.45) is 11.8 Å². The van der Waals surface area contributed by atoms with Gasteiger partial charge in [0.1, 0.15) is 5.78 Å². The Kier molecular flexibility index (Phi) is 9.88. The van der Waals surface area contributed by atoms with Crippen LogP contribution in [0.1, 0.15) is 71.1 Å². The molecule has 24 heavy (non-hydrogen) atoms. The van der Waals surface area contributed by atoms with Crippen LogP contribution in [-0.4, -0.2) is 39.3 Å². The predicted molar refractivity (Wildman–Crippen MR) is 92.6 cm³/mol. The fourth-order valence-corrected chi connectivity index (χ4v) is 3.35. The number of carbonyl (C=O) groups excluding carboxylic acids is 1. The molecule has 5 heteroatoms. The molecule has 1 rings (SSSR count). The van der Waals surface area contributed by atoms with Crippen LogP contribution >= 0.6 is 0 Å². The lowest BCUT2D eigenvalue weighted by molar-refractivity contribution is -0.137. The monoisotopic (exact) mass is 340 g/mol. The van der Waals surface area contributed by atoms with Crippen molar-refractivity contribution in [1.29, 1.82) is 0 Å². The first-order valence-electron chi connectivity index (χ1n) is 9.24. The maximum absolute atomic E-state index is 12.1. The second-order valence-corrected chi connectivity index (χ2v) is 6.86. The van der Waals surface area contributed by atoms with Gasteiger partial charge >= 0.3 is 5.97 Å².